The molecule has 0 fully saturated rings. The maximum atomic E-state index is 9.90. The molecule has 0 saturated carbocycles. The molecule has 0 aliphatic heterocycles. The number of carbonyl (C=O) groups is 1. The number of rotatable bonds is 2. The lowest BCUT2D eigenvalue weighted by Gasteiger charge is -1.80. The van der Waals surface area contributed by atoms with E-state index in [9.17, 15) is 4.79 Å². The second-order valence-electron chi connectivity index (χ2n) is 0.873. The van der Waals surface area contributed by atoms with Crippen LogP contribution in [0.5, 0.6) is 0 Å². The Morgan fingerprint density at radius 2 is 2.50 bits per heavy atom. The van der Waals surface area contributed by atoms with Crippen LogP contribution in [-0.2, 0) is 9.63 Å². The Labute approximate surface area is 44.8 Å². The molecule has 0 spiro atoms. The van der Waals surface area contributed by atoms with E-state index in [2.05, 4.69) is 4.84 Å². The van der Waals surface area contributed by atoms with Gasteiger partial charge in [0.2, 0.25) is 0 Å². The van der Waals surface area contributed by atoms with E-state index in [-0.39, 0.29) is 0 Å². The lowest BCUT2D eigenvalue weighted by Crippen LogP contribution is -1.95. The van der Waals surface area contributed by atoms with Crippen LogP contribution < -0.4 is 0 Å². The van der Waals surface area contributed by atoms with Gasteiger partial charge in [-0.15, -0.1) is 4.91 Å². The summed E-state index contributed by atoms with van der Waals surface area (Å²) in [6.45, 7) is 0. The van der Waals surface area contributed by atoms with Gasteiger partial charge in [0.1, 0.15) is 6.42 Å². The van der Waals surface area contributed by atoms with E-state index in [1.807, 2.05) is 0 Å². The molecule has 5 heteroatoms. The maximum Gasteiger partial charge on any atom is 0.352 e. The minimum atomic E-state index is -0.928. The van der Waals surface area contributed by atoms with Crippen LogP contribution in [0.15, 0.2) is 5.34 Å². The number of nitrogens with zero attached hydrogens (tertiary/aromatic N) is 2. The zero-order valence-corrected chi connectivity index (χ0v) is 3.83. The smallest absolute Gasteiger partial charge is 0.283 e. The standard InChI is InChI=1S/C3H2N2O3/c4-2-1-3(6)8-5-7/h1H2. The Balaban J connectivity index is 3.36. The molecule has 0 aliphatic carbocycles. The Morgan fingerprint density at radius 3 is 2.88 bits per heavy atom. The van der Waals surface area contributed by atoms with Crippen molar-refractivity contribution in [3.63, 3.8) is 0 Å². The highest BCUT2D eigenvalue weighted by Crippen LogP contribution is 1.81. The first-order valence-corrected chi connectivity index (χ1v) is 1.70. The highest BCUT2D eigenvalue weighted by atomic mass is 16.7. The SMILES string of the molecule is N#CCC(=O)ON=O. The van der Waals surface area contributed by atoms with Gasteiger partial charge in [-0.05, 0) is 0 Å². The molecular formula is C3H2N2O3. The molecule has 0 bridgehead atoms. The van der Waals surface area contributed by atoms with Crippen molar-refractivity contribution < 1.29 is 9.63 Å². The third-order valence-corrected chi connectivity index (χ3v) is 0.362. The monoisotopic (exact) mass is 114 g/mol. The first-order valence-electron chi connectivity index (χ1n) is 1.70. The minimum Gasteiger partial charge on any atom is -0.283 e. The van der Waals surface area contributed by atoms with E-state index in [1.165, 1.54) is 6.07 Å². The summed E-state index contributed by atoms with van der Waals surface area (Å²) < 4.78 is 0. The van der Waals surface area contributed by atoms with Crippen LogP contribution in [0.3, 0.4) is 0 Å². The Morgan fingerprint density at radius 1 is 1.88 bits per heavy atom. The Kier molecular flexibility index (Phi) is 3.07. The molecule has 0 N–H and O–H groups in total. The molecule has 0 aromatic heterocycles. The van der Waals surface area contributed by atoms with Crippen molar-refractivity contribution in [1.82, 2.24) is 0 Å². The van der Waals surface area contributed by atoms with Gasteiger partial charge < -0.3 is 0 Å². The first kappa shape index (κ1) is 6.56. The van der Waals surface area contributed by atoms with E-state index in [0.29, 0.717) is 0 Å². The van der Waals surface area contributed by atoms with Gasteiger partial charge in [0, 0.05) is 0 Å². The van der Waals surface area contributed by atoms with Gasteiger partial charge in [-0.1, -0.05) is 0 Å². The highest BCUT2D eigenvalue weighted by molar-refractivity contribution is 5.71. The second-order valence-corrected chi connectivity index (χ2v) is 0.873. The Bertz CT molecular complexity index is 136. The summed E-state index contributed by atoms with van der Waals surface area (Å²) in [5, 5.41) is 9.57. The van der Waals surface area contributed by atoms with Gasteiger partial charge in [0.15, 0.2) is 5.34 Å². The summed E-state index contributed by atoms with van der Waals surface area (Å²) in [5.74, 6) is -0.928. The molecule has 0 atom stereocenters. The predicted molar refractivity (Wildman–Crippen MR) is 22.1 cm³/mol. The van der Waals surface area contributed by atoms with Crippen molar-refractivity contribution in [2.75, 3.05) is 0 Å². The van der Waals surface area contributed by atoms with E-state index in [4.69, 9.17) is 10.2 Å². The lowest BCUT2D eigenvalue weighted by atomic mass is 10.5. The van der Waals surface area contributed by atoms with E-state index in [1.54, 1.807) is 5.34 Å². The van der Waals surface area contributed by atoms with Gasteiger partial charge in [0.25, 0.3) is 0 Å². The number of hydrogen-bond acceptors (Lipinski definition) is 5. The predicted octanol–water partition coefficient (Wildman–Crippen LogP) is 0.125. The zero-order valence-electron chi connectivity index (χ0n) is 3.83. The average molecular weight is 114 g/mol. The van der Waals surface area contributed by atoms with E-state index in [0.717, 1.165) is 0 Å². The summed E-state index contributed by atoms with van der Waals surface area (Å²) in [7, 11) is 0. The summed E-state index contributed by atoms with van der Waals surface area (Å²) in [4.78, 5) is 22.5. The fourth-order valence-corrected chi connectivity index (χ4v) is 0.138. The molecule has 0 unspecified atom stereocenters. The lowest BCUT2D eigenvalue weighted by molar-refractivity contribution is -0.142. The zero-order chi connectivity index (χ0) is 6.41. The average Bonchev–Trinajstić information content (AvgIpc) is 1.68. The van der Waals surface area contributed by atoms with Crippen LogP contribution in [-0.4, -0.2) is 5.97 Å². The molecule has 8 heavy (non-hydrogen) atoms. The van der Waals surface area contributed by atoms with Gasteiger partial charge in [0.05, 0.1) is 6.07 Å². The van der Waals surface area contributed by atoms with Crippen LogP contribution in [0.25, 0.3) is 0 Å². The third-order valence-electron chi connectivity index (χ3n) is 0.362. The summed E-state index contributed by atoms with van der Waals surface area (Å²) in [5.41, 5.74) is 0. The fourth-order valence-electron chi connectivity index (χ4n) is 0.138. The van der Waals surface area contributed by atoms with Crippen molar-refractivity contribution in [2.24, 2.45) is 5.34 Å². The molecule has 0 saturated heterocycles. The quantitative estimate of drug-likeness (QED) is 0.377. The van der Waals surface area contributed by atoms with Crippen molar-refractivity contribution >= 4 is 5.97 Å². The van der Waals surface area contributed by atoms with Crippen LogP contribution >= 0.6 is 0 Å². The van der Waals surface area contributed by atoms with Crippen LogP contribution in [0.1, 0.15) is 6.42 Å². The first-order chi connectivity index (χ1) is 3.81. The highest BCUT2D eigenvalue weighted by Gasteiger charge is 1.98. The molecule has 0 aliphatic rings. The summed E-state index contributed by atoms with van der Waals surface area (Å²) in [6, 6.07) is 1.48. The molecule has 0 rings (SSSR count). The minimum absolute atomic E-state index is 0.439. The van der Waals surface area contributed by atoms with E-state index < -0.39 is 12.4 Å². The van der Waals surface area contributed by atoms with Gasteiger partial charge in [-0.25, -0.2) is 4.79 Å². The topological polar surface area (TPSA) is 79.5 Å². The van der Waals surface area contributed by atoms with Crippen LogP contribution in [0.2, 0.25) is 0 Å². The molecule has 0 radical (unpaired) electrons. The van der Waals surface area contributed by atoms with E-state index >= 15 is 0 Å². The maximum absolute atomic E-state index is 9.90. The van der Waals surface area contributed by atoms with Crippen molar-refractivity contribution in [3.05, 3.63) is 4.91 Å². The van der Waals surface area contributed by atoms with Crippen LogP contribution in [0.4, 0.5) is 0 Å². The molecule has 0 aromatic carbocycles. The third kappa shape index (κ3) is 2.78. The van der Waals surface area contributed by atoms with Crippen LogP contribution in [0, 0.1) is 16.2 Å². The number of hydrogen-bond donors (Lipinski definition) is 0. The van der Waals surface area contributed by atoms with Gasteiger partial charge in [-0.3, -0.25) is 4.84 Å². The van der Waals surface area contributed by atoms with Gasteiger partial charge >= 0.3 is 5.97 Å². The summed E-state index contributed by atoms with van der Waals surface area (Å²) >= 11 is 0. The summed E-state index contributed by atoms with van der Waals surface area (Å²) in [6.07, 6.45) is -0.439. The van der Waals surface area contributed by atoms with Crippen molar-refractivity contribution in [1.29, 1.82) is 5.26 Å². The van der Waals surface area contributed by atoms with Crippen molar-refractivity contribution in [2.45, 2.75) is 6.42 Å². The molecule has 0 amide bonds. The normalized spacial score (nSPS) is 6.88. The number of nitriles is 1. The molecular weight excluding hydrogens is 112 g/mol. The Hall–Kier alpha value is -1.44. The van der Waals surface area contributed by atoms with Gasteiger partial charge in [-0.2, -0.15) is 5.26 Å². The second kappa shape index (κ2) is 3.74. The van der Waals surface area contributed by atoms with Crippen molar-refractivity contribution in [3.8, 4) is 6.07 Å². The molecule has 0 heterocycles. The fraction of sp³-hybridized carbons (Fsp3) is 0.333. The molecule has 42 valence electrons. The molecule has 0 aromatic rings. The molecule has 5 nitrogen and oxygen atoms in total. The number of carbonyl (C=O) groups excluding carboxylic acids is 1. The largest absolute Gasteiger partial charge is 0.352 e.